The van der Waals surface area contributed by atoms with Crippen molar-refractivity contribution in [2.24, 2.45) is 0 Å². The molecule has 0 saturated carbocycles. The summed E-state index contributed by atoms with van der Waals surface area (Å²) in [6.45, 7) is 3.67. The fourth-order valence-corrected chi connectivity index (χ4v) is 0.939. The van der Waals surface area contributed by atoms with E-state index < -0.39 is 5.54 Å². The standard InChI is InChI=1S/C9H11ClN4/c1-4-9(2,3)14-8-6(11)7(10)12-5-13-8/h1,5H,11H2,2-3H3,(H,12,13,14). The van der Waals surface area contributed by atoms with Crippen molar-refractivity contribution in [3.05, 3.63) is 11.5 Å². The van der Waals surface area contributed by atoms with E-state index in [1.807, 2.05) is 13.8 Å². The molecule has 1 aromatic heterocycles. The fourth-order valence-electron chi connectivity index (χ4n) is 0.806. The molecule has 1 aromatic rings. The van der Waals surface area contributed by atoms with Crippen molar-refractivity contribution in [1.82, 2.24) is 9.97 Å². The lowest BCUT2D eigenvalue weighted by Gasteiger charge is -2.21. The van der Waals surface area contributed by atoms with E-state index in [0.29, 0.717) is 11.5 Å². The van der Waals surface area contributed by atoms with Crippen LogP contribution in [0.2, 0.25) is 5.15 Å². The summed E-state index contributed by atoms with van der Waals surface area (Å²) >= 11 is 5.72. The van der Waals surface area contributed by atoms with Crippen molar-refractivity contribution in [2.45, 2.75) is 19.4 Å². The molecule has 74 valence electrons. The summed E-state index contributed by atoms with van der Waals surface area (Å²) in [6.07, 6.45) is 6.64. The Morgan fingerprint density at radius 1 is 1.57 bits per heavy atom. The van der Waals surface area contributed by atoms with E-state index in [2.05, 4.69) is 21.2 Å². The highest BCUT2D eigenvalue weighted by atomic mass is 35.5. The molecule has 1 rings (SSSR count). The van der Waals surface area contributed by atoms with Crippen molar-refractivity contribution >= 4 is 23.1 Å². The fraction of sp³-hybridized carbons (Fsp3) is 0.333. The Morgan fingerprint density at radius 3 is 2.79 bits per heavy atom. The van der Waals surface area contributed by atoms with Gasteiger partial charge in [-0.2, -0.15) is 0 Å². The number of anilines is 2. The van der Waals surface area contributed by atoms with Gasteiger partial charge in [0.1, 0.15) is 12.0 Å². The number of nitrogens with one attached hydrogen (secondary N) is 1. The maximum atomic E-state index is 5.72. The molecule has 0 spiro atoms. The Bertz CT molecular complexity index is 381. The van der Waals surface area contributed by atoms with Gasteiger partial charge in [0.15, 0.2) is 11.0 Å². The van der Waals surface area contributed by atoms with E-state index in [1.54, 1.807) is 0 Å². The van der Waals surface area contributed by atoms with Gasteiger partial charge in [0.05, 0.1) is 5.54 Å². The van der Waals surface area contributed by atoms with Crippen LogP contribution in [0.15, 0.2) is 6.33 Å². The molecule has 0 atom stereocenters. The van der Waals surface area contributed by atoms with Crippen LogP contribution in [0.25, 0.3) is 0 Å². The second-order valence-corrected chi connectivity index (χ2v) is 3.68. The molecule has 0 aliphatic heterocycles. The second kappa shape index (κ2) is 3.72. The van der Waals surface area contributed by atoms with Crippen molar-refractivity contribution in [2.75, 3.05) is 11.1 Å². The molecule has 3 N–H and O–H groups in total. The highest BCUT2D eigenvalue weighted by Gasteiger charge is 2.16. The van der Waals surface area contributed by atoms with Crippen molar-refractivity contribution in [3.63, 3.8) is 0 Å². The molecule has 0 aliphatic carbocycles. The van der Waals surface area contributed by atoms with E-state index in [1.165, 1.54) is 6.33 Å². The van der Waals surface area contributed by atoms with Gasteiger partial charge < -0.3 is 11.1 Å². The number of nitrogens with zero attached hydrogens (tertiary/aromatic N) is 2. The molecule has 0 fully saturated rings. The first-order valence-corrected chi connectivity index (χ1v) is 4.36. The average molecular weight is 211 g/mol. The largest absolute Gasteiger partial charge is 0.393 e. The van der Waals surface area contributed by atoms with Crippen LogP contribution >= 0.6 is 11.6 Å². The van der Waals surface area contributed by atoms with Crippen LogP contribution in [0.3, 0.4) is 0 Å². The highest BCUT2D eigenvalue weighted by Crippen LogP contribution is 2.24. The molecular formula is C9H11ClN4. The van der Waals surface area contributed by atoms with Crippen LogP contribution in [-0.4, -0.2) is 15.5 Å². The minimum absolute atomic E-state index is 0.218. The topological polar surface area (TPSA) is 63.8 Å². The SMILES string of the molecule is C#CC(C)(C)Nc1ncnc(Cl)c1N. The summed E-state index contributed by atoms with van der Waals surface area (Å²) in [5.74, 6) is 3.02. The van der Waals surface area contributed by atoms with Gasteiger partial charge in [0, 0.05) is 0 Å². The van der Waals surface area contributed by atoms with Gasteiger partial charge >= 0.3 is 0 Å². The van der Waals surface area contributed by atoms with Crippen molar-refractivity contribution in [3.8, 4) is 12.3 Å². The normalized spacial score (nSPS) is 10.7. The van der Waals surface area contributed by atoms with Gasteiger partial charge in [-0.3, -0.25) is 0 Å². The van der Waals surface area contributed by atoms with Gasteiger partial charge in [-0.1, -0.05) is 17.5 Å². The number of hydrogen-bond donors (Lipinski definition) is 2. The maximum Gasteiger partial charge on any atom is 0.157 e. The van der Waals surface area contributed by atoms with Crippen LogP contribution < -0.4 is 11.1 Å². The summed E-state index contributed by atoms with van der Waals surface area (Å²) in [5, 5.41) is 3.20. The Labute approximate surface area is 87.9 Å². The number of nitrogen functional groups attached to an aromatic ring is 1. The summed E-state index contributed by atoms with van der Waals surface area (Å²) in [6, 6.07) is 0. The van der Waals surface area contributed by atoms with Crippen molar-refractivity contribution in [1.29, 1.82) is 0 Å². The average Bonchev–Trinajstić information content (AvgIpc) is 2.13. The number of rotatable bonds is 2. The molecule has 0 bridgehead atoms. The summed E-state index contributed by atoms with van der Waals surface area (Å²) in [5.41, 5.74) is 5.44. The van der Waals surface area contributed by atoms with E-state index in [4.69, 9.17) is 23.8 Å². The predicted molar refractivity (Wildman–Crippen MR) is 58.0 cm³/mol. The van der Waals surface area contributed by atoms with Gasteiger partial charge in [-0.25, -0.2) is 9.97 Å². The Hall–Kier alpha value is -1.47. The Morgan fingerprint density at radius 2 is 2.21 bits per heavy atom. The van der Waals surface area contributed by atoms with Crippen LogP contribution in [0, 0.1) is 12.3 Å². The number of hydrogen-bond acceptors (Lipinski definition) is 4. The molecule has 0 aromatic carbocycles. The molecule has 0 saturated heterocycles. The minimum atomic E-state index is -0.522. The lowest BCUT2D eigenvalue weighted by atomic mass is 10.1. The number of terminal acetylenes is 1. The van der Waals surface area contributed by atoms with Crippen LogP contribution in [0.1, 0.15) is 13.8 Å². The predicted octanol–water partition coefficient (Wildman–Crippen LogP) is 1.54. The first-order chi connectivity index (χ1) is 6.46. The molecule has 4 nitrogen and oxygen atoms in total. The monoisotopic (exact) mass is 210 g/mol. The first-order valence-electron chi connectivity index (χ1n) is 3.98. The van der Waals surface area contributed by atoms with Gasteiger partial charge in [0.2, 0.25) is 0 Å². The van der Waals surface area contributed by atoms with E-state index in [-0.39, 0.29) is 5.15 Å². The Kier molecular flexibility index (Phi) is 2.82. The lowest BCUT2D eigenvalue weighted by Crippen LogP contribution is -2.29. The van der Waals surface area contributed by atoms with E-state index >= 15 is 0 Å². The zero-order chi connectivity index (χ0) is 10.8. The van der Waals surface area contributed by atoms with Gasteiger partial charge in [-0.05, 0) is 13.8 Å². The van der Waals surface area contributed by atoms with Crippen LogP contribution in [0.5, 0.6) is 0 Å². The zero-order valence-electron chi connectivity index (χ0n) is 8.00. The third-order valence-corrected chi connectivity index (χ3v) is 1.93. The quantitative estimate of drug-likeness (QED) is 0.574. The number of halogens is 1. The van der Waals surface area contributed by atoms with Crippen LogP contribution in [-0.2, 0) is 0 Å². The van der Waals surface area contributed by atoms with Crippen molar-refractivity contribution < 1.29 is 0 Å². The molecule has 0 aliphatic rings. The highest BCUT2D eigenvalue weighted by molar-refractivity contribution is 6.32. The molecule has 0 unspecified atom stereocenters. The van der Waals surface area contributed by atoms with Crippen LogP contribution in [0.4, 0.5) is 11.5 Å². The third kappa shape index (κ3) is 2.27. The molecule has 0 amide bonds. The first kappa shape index (κ1) is 10.6. The summed E-state index contributed by atoms with van der Waals surface area (Å²) < 4.78 is 0. The third-order valence-electron chi connectivity index (χ3n) is 1.63. The molecule has 0 radical (unpaired) electrons. The second-order valence-electron chi connectivity index (χ2n) is 3.32. The minimum Gasteiger partial charge on any atom is -0.393 e. The smallest absolute Gasteiger partial charge is 0.157 e. The number of nitrogens with two attached hydrogens (primary N) is 1. The van der Waals surface area contributed by atoms with Gasteiger partial charge in [-0.15, -0.1) is 6.42 Å². The molecular weight excluding hydrogens is 200 g/mol. The molecule has 14 heavy (non-hydrogen) atoms. The lowest BCUT2D eigenvalue weighted by molar-refractivity contribution is 0.736. The summed E-state index contributed by atoms with van der Waals surface area (Å²) in [4.78, 5) is 7.68. The molecule has 5 heteroatoms. The van der Waals surface area contributed by atoms with E-state index in [0.717, 1.165) is 0 Å². The van der Waals surface area contributed by atoms with Gasteiger partial charge in [0.25, 0.3) is 0 Å². The Balaban J connectivity index is 3.00. The zero-order valence-corrected chi connectivity index (χ0v) is 8.76. The summed E-state index contributed by atoms with van der Waals surface area (Å²) in [7, 11) is 0. The molecule has 1 heterocycles. The maximum absolute atomic E-state index is 5.72. The van der Waals surface area contributed by atoms with E-state index in [9.17, 15) is 0 Å². The number of aromatic nitrogens is 2.